The zero-order valence-electron chi connectivity index (χ0n) is 6.96. The molecule has 0 aliphatic rings. The van der Waals surface area contributed by atoms with Gasteiger partial charge in [0.2, 0.25) is 0 Å². The van der Waals surface area contributed by atoms with Crippen molar-refractivity contribution < 1.29 is 9.47 Å². The molecule has 1 aromatic carbocycles. The fourth-order valence-corrected chi connectivity index (χ4v) is 1.05. The first kappa shape index (κ1) is 9.00. The fourth-order valence-electron chi connectivity index (χ4n) is 0.883. The van der Waals surface area contributed by atoms with Crippen molar-refractivity contribution >= 4 is 17.6 Å². The van der Waals surface area contributed by atoms with Crippen LogP contribution in [-0.4, -0.2) is 19.6 Å². The van der Waals surface area contributed by atoms with Gasteiger partial charge in [-0.2, -0.15) is 0 Å². The van der Waals surface area contributed by atoms with E-state index in [9.17, 15) is 0 Å². The minimum Gasteiger partial charge on any atom is -0.497 e. The monoisotopic (exact) mass is 181 g/mol. The van der Waals surface area contributed by atoms with Gasteiger partial charge >= 0.3 is 0 Å². The van der Waals surface area contributed by atoms with Crippen LogP contribution in [0.4, 0.5) is 0 Å². The van der Waals surface area contributed by atoms with Gasteiger partial charge in [0.1, 0.15) is 11.5 Å². The fraction of sp³-hybridized carbons (Fsp3) is 0.222. The van der Waals surface area contributed by atoms with Crippen LogP contribution in [0.2, 0.25) is 0 Å². The molecule has 0 unspecified atom stereocenters. The zero-order valence-corrected chi connectivity index (χ0v) is 7.77. The summed E-state index contributed by atoms with van der Waals surface area (Å²) in [5.41, 5.74) is 0.772. The first-order chi connectivity index (χ1) is 5.81. The maximum Gasteiger partial charge on any atom is 0.131 e. The third kappa shape index (κ3) is 1.74. The van der Waals surface area contributed by atoms with Gasteiger partial charge in [-0.1, -0.05) is 12.2 Å². The minimum absolute atomic E-state index is 0.685. The van der Waals surface area contributed by atoms with Crippen LogP contribution in [0.5, 0.6) is 11.5 Å². The molecule has 12 heavy (non-hydrogen) atoms. The summed E-state index contributed by atoms with van der Waals surface area (Å²) in [7, 11) is 3.19. The summed E-state index contributed by atoms with van der Waals surface area (Å²) in [6.45, 7) is 0. The molecule has 1 radical (unpaired) electrons. The number of hydrogen-bond donors (Lipinski definition) is 0. The first-order valence-electron chi connectivity index (χ1n) is 3.42. The molecule has 1 rings (SSSR count). The molecule has 0 spiro atoms. The molecule has 0 aliphatic heterocycles. The Labute approximate surface area is 77.1 Å². The van der Waals surface area contributed by atoms with E-state index in [1.807, 2.05) is 12.1 Å². The van der Waals surface area contributed by atoms with E-state index in [0.29, 0.717) is 5.75 Å². The van der Waals surface area contributed by atoms with Gasteiger partial charge in [-0.25, -0.2) is 0 Å². The van der Waals surface area contributed by atoms with E-state index in [4.69, 9.17) is 9.47 Å². The number of thiocarbonyl (C=S) groups is 1. The predicted octanol–water partition coefficient (Wildman–Crippen LogP) is 1.93. The van der Waals surface area contributed by atoms with Gasteiger partial charge in [-0.3, -0.25) is 0 Å². The Morgan fingerprint density at radius 1 is 1.25 bits per heavy atom. The van der Waals surface area contributed by atoms with Crippen LogP contribution >= 0.6 is 12.2 Å². The first-order valence-corrected chi connectivity index (χ1v) is 3.83. The highest BCUT2D eigenvalue weighted by Crippen LogP contribution is 2.22. The van der Waals surface area contributed by atoms with E-state index in [2.05, 4.69) is 17.6 Å². The Kier molecular flexibility index (Phi) is 3.05. The molecular formula is C9H9O2S. The average Bonchev–Trinajstić information content (AvgIpc) is 2.16. The number of benzene rings is 1. The highest BCUT2D eigenvalue weighted by molar-refractivity contribution is 7.79. The zero-order chi connectivity index (χ0) is 8.97. The van der Waals surface area contributed by atoms with Crippen LogP contribution in [0.3, 0.4) is 0 Å². The lowest BCUT2D eigenvalue weighted by molar-refractivity contribution is 0.394. The van der Waals surface area contributed by atoms with E-state index in [-0.39, 0.29) is 0 Å². The van der Waals surface area contributed by atoms with E-state index in [1.54, 1.807) is 20.3 Å². The quantitative estimate of drug-likeness (QED) is 0.664. The van der Waals surface area contributed by atoms with E-state index >= 15 is 0 Å². The van der Waals surface area contributed by atoms with Crippen LogP contribution in [0.25, 0.3) is 0 Å². The topological polar surface area (TPSA) is 18.5 Å². The van der Waals surface area contributed by atoms with Crippen LogP contribution in [-0.2, 0) is 0 Å². The highest BCUT2D eigenvalue weighted by atomic mass is 32.1. The molecule has 1 aromatic rings. The second-order valence-electron chi connectivity index (χ2n) is 2.17. The van der Waals surface area contributed by atoms with Gasteiger partial charge in [0, 0.05) is 11.6 Å². The lowest BCUT2D eigenvalue weighted by atomic mass is 10.2. The van der Waals surface area contributed by atoms with Gasteiger partial charge in [0.05, 0.1) is 19.6 Å². The van der Waals surface area contributed by atoms with Gasteiger partial charge in [-0.15, -0.1) is 0 Å². The lowest BCUT2D eigenvalue weighted by Crippen LogP contribution is -1.91. The summed E-state index contributed by atoms with van der Waals surface area (Å²) in [6.07, 6.45) is 0. The lowest BCUT2D eigenvalue weighted by Gasteiger charge is -2.05. The smallest absolute Gasteiger partial charge is 0.131 e. The Hall–Kier alpha value is -1.09. The Morgan fingerprint density at radius 3 is 2.50 bits per heavy atom. The SMILES string of the molecule is COc1ccc([C]=S)c(OC)c1. The summed E-state index contributed by atoms with van der Waals surface area (Å²) >= 11 is 4.68. The molecule has 0 aromatic heterocycles. The standard InChI is InChI=1S/C9H9O2S/c1-10-8-4-3-7(6-12)9(5-8)11-2/h3-5H,1-2H3. The van der Waals surface area contributed by atoms with Crippen molar-refractivity contribution in [3.8, 4) is 11.5 Å². The van der Waals surface area contributed by atoms with Gasteiger partial charge in [-0.05, 0) is 12.1 Å². The molecule has 0 amide bonds. The summed E-state index contributed by atoms with van der Waals surface area (Å²) in [6, 6.07) is 5.40. The normalized spacial score (nSPS) is 9.17. The Balaban J connectivity index is 3.10. The van der Waals surface area contributed by atoms with Crippen molar-refractivity contribution in [1.29, 1.82) is 0 Å². The number of ether oxygens (including phenoxy) is 2. The molecule has 0 saturated carbocycles. The molecule has 0 fully saturated rings. The third-order valence-corrected chi connectivity index (χ3v) is 1.74. The molecule has 0 aliphatic carbocycles. The van der Waals surface area contributed by atoms with Crippen molar-refractivity contribution in [3.05, 3.63) is 23.8 Å². The average molecular weight is 181 g/mol. The summed E-state index contributed by atoms with van der Waals surface area (Å²) < 4.78 is 10.1. The van der Waals surface area contributed by atoms with Gasteiger partial charge in [0.25, 0.3) is 0 Å². The molecule has 2 nitrogen and oxygen atoms in total. The Bertz CT molecular complexity index is 284. The van der Waals surface area contributed by atoms with Crippen molar-refractivity contribution in [2.75, 3.05) is 14.2 Å². The maximum absolute atomic E-state index is 5.07. The van der Waals surface area contributed by atoms with Crippen LogP contribution < -0.4 is 9.47 Å². The van der Waals surface area contributed by atoms with Crippen molar-refractivity contribution in [1.82, 2.24) is 0 Å². The molecule has 0 atom stereocenters. The van der Waals surface area contributed by atoms with Gasteiger partial charge < -0.3 is 9.47 Å². The van der Waals surface area contributed by atoms with E-state index in [0.717, 1.165) is 11.3 Å². The van der Waals surface area contributed by atoms with Crippen molar-refractivity contribution in [2.24, 2.45) is 0 Å². The molecule has 63 valence electrons. The molecule has 3 heteroatoms. The molecule has 0 saturated heterocycles. The molecule has 0 heterocycles. The third-order valence-electron chi connectivity index (χ3n) is 1.52. The largest absolute Gasteiger partial charge is 0.497 e. The van der Waals surface area contributed by atoms with Crippen LogP contribution in [0.1, 0.15) is 5.56 Å². The van der Waals surface area contributed by atoms with Crippen LogP contribution in [0, 0.1) is 0 Å². The second-order valence-corrected chi connectivity index (χ2v) is 2.37. The predicted molar refractivity (Wildman–Crippen MR) is 51.2 cm³/mol. The number of rotatable bonds is 3. The molecule has 0 bridgehead atoms. The number of methoxy groups -OCH3 is 2. The number of hydrogen-bond acceptors (Lipinski definition) is 3. The van der Waals surface area contributed by atoms with Crippen LogP contribution in [0.15, 0.2) is 18.2 Å². The minimum atomic E-state index is 0.685. The van der Waals surface area contributed by atoms with Crippen molar-refractivity contribution in [2.45, 2.75) is 0 Å². The highest BCUT2D eigenvalue weighted by Gasteiger charge is 2.01. The molecular weight excluding hydrogens is 172 g/mol. The maximum atomic E-state index is 5.07. The second kappa shape index (κ2) is 4.07. The summed E-state index contributed by atoms with van der Waals surface area (Å²) in [5.74, 6) is 1.44. The summed E-state index contributed by atoms with van der Waals surface area (Å²) in [4.78, 5) is 0. The molecule has 0 N–H and O–H groups in total. The van der Waals surface area contributed by atoms with E-state index < -0.39 is 0 Å². The van der Waals surface area contributed by atoms with E-state index in [1.165, 1.54) is 0 Å². The Morgan fingerprint density at radius 2 is 2.00 bits per heavy atom. The van der Waals surface area contributed by atoms with Crippen molar-refractivity contribution in [3.63, 3.8) is 0 Å². The van der Waals surface area contributed by atoms with Gasteiger partial charge in [0.15, 0.2) is 0 Å². The summed E-state index contributed by atoms with van der Waals surface area (Å²) in [5, 5.41) is 2.60.